The maximum atomic E-state index is 11.4. The van der Waals surface area contributed by atoms with Crippen molar-refractivity contribution in [3.63, 3.8) is 0 Å². The molecule has 0 radical (unpaired) electrons. The summed E-state index contributed by atoms with van der Waals surface area (Å²) in [7, 11) is 1.38. The van der Waals surface area contributed by atoms with Crippen molar-refractivity contribution >= 4 is 5.97 Å². The van der Waals surface area contributed by atoms with Gasteiger partial charge in [-0.3, -0.25) is 0 Å². The van der Waals surface area contributed by atoms with Crippen LogP contribution in [-0.4, -0.2) is 35.5 Å². The van der Waals surface area contributed by atoms with E-state index in [1.165, 1.54) is 13.2 Å². The first kappa shape index (κ1) is 20.2. The molecule has 0 aromatic carbocycles. The van der Waals surface area contributed by atoms with Crippen LogP contribution < -0.4 is 0 Å². The zero-order valence-corrected chi connectivity index (χ0v) is 16.3. The fourth-order valence-electron chi connectivity index (χ4n) is 5.32. The normalized spacial score (nSPS) is 38.2. The molecule has 25 heavy (non-hydrogen) atoms. The van der Waals surface area contributed by atoms with Crippen molar-refractivity contribution in [2.24, 2.45) is 22.7 Å². The number of aliphatic hydroxyl groups is 2. The summed E-state index contributed by atoms with van der Waals surface area (Å²) in [6, 6.07) is 0. The van der Waals surface area contributed by atoms with Crippen LogP contribution in [0.5, 0.6) is 0 Å². The second-order valence-electron chi connectivity index (χ2n) is 8.87. The summed E-state index contributed by atoms with van der Waals surface area (Å²) in [5.41, 5.74) is 1.70. The number of ether oxygens (including phenoxy) is 1. The van der Waals surface area contributed by atoms with Gasteiger partial charge < -0.3 is 14.9 Å². The molecule has 2 saturated carbocycles. The minimum absolute atomic E-state index is 0.0184. The third-order valence-corrected chi connectivity index (χ3v) is 7.03. The number of methoxy groups -OCH3 is 1. The number of rotatable bonds is 4. The summed E-state index contributed by atoms with van der Waals surface area (Å²) in [6.07, 6.45) is 4.73. The van der Waals surface area contributed by atoms with E-state index in [1.54, 1.807) is 0 Å². The zero-order chi connectivity index (χ0) is 19.0. The van der Waals surface area contributed by atoms with Crippen molar-refractivity contribution in [3.05, 3.63) is 23.8 Å². The smallest absolute Gasteiger partial charge is 0.330 e. The first-order valence-corrected chi connectivity index (χ1v) is 9.34. The number of hydrogen-bond acceptors (Lipinski definition) is 4. The molecule has 0 bridgehead atoms. The Hall–Kier alpha value is -1.13. The van der Waals surface area contributed by atoms with Gasteiger partial charge in [0.15, 0.2) is 0 Å². The standard InChI is InChI=1S/C21H34O4/c1-13(11-19(24)25-6)7-8-15-14(2)16(22)12-17-20(3,4)18(23)9-10-21(15,17)5/h11,15-18,22-23H,2,7-10,12H2,1,3-6H3. The van der Waals surface area contributed by atoms with Gasteiger partial charge in [-0.05, 0) is 67.3 Å². The molecule has 0 aromatic heterocycles. The monoisotopic (exact) mass is 350 g/mol. The minimum Gasteiger partial charge on any atom is -0.466 e. The van der Waals surface area contributed by atoms with Crippen molar-refractivity contribution in [2.75, 3.05) is 7.11 Å². The van der Waals surface area contributed by atoms with Gasteiger partial charge in [-0.15, -0.1) is 0 Å². The molecule has 0 saturated heterocycles. The number of allylic oxidation sites excluding steroid dienone is 1. The van der Waals surface area contributed by atoms with Crippen LogP contribution in [0.25, 0.3) is 0 Å². The number of fused-ring (bicyclic) bond motifs is 1. The van der Waals surface area contributed by atoms with Gasteiger partial charge in [0, 0.05) is 6.08 Å². The molecule has 0 spiro atoms. The van der Waals surface area contributed by atoms with E-state index in [1.807, 2.05) is 6.92 Å². The second kappa shape index (κ2) is 7.24. The summed E-state index contributed by atoms with van der Waals surface area (Å²) in [5, 5.41) is 21.1. The van der Waals surface area contributed by atoms with Gasteiger partial charge in [-0.1, -0.05) is 32.9 Å². The Bertz CT molecular complexity index is 562. The van der Waals surface area contributed by atoms with E-state index in [2.05, 4.69) is 27.4 Å². The molecule has 0 amide bonds. The Kier molecular flexibility index (Phi) is 5.85. The average molecular weight is 350 g/mol. The fourth-order valence-corrected chi connectivity index (χ4v) is 5.32. The van der Waals surface area contributed by atoms with Crippen LogP contribution in [-0.2, 0) is 9.53 Å². The van der Waals surface area contributed by atoms with E-state index < -0.39 is 6.10 Å². The first-order chi connectivity index (χ1) is 11.5. The van der Waals surface area contributed by atoms with Gasteiger partial charge in [-0.2, -0.15) is 0 Å². The van der Waals surface area contributed by atoms with Gasteiger partial charge >= 0.3 is 5.97 Å². The van der Waals surface area contributed by atoms with Crippen LogP contribution in [0, 0.1) is 22.7 Å². The van der Waals surface area contributed by atoms with Crippen LogP contribution in [0.2, 0.25) is 0 Å². The minimum atomic E-state index is -0.516. The zero-order valence-electron chi connectivity index (χ0n) is 16.3. The average Bonchev–Trinajstić information content (AvgIpc) is 2.54. The number of hydrogen-bond donors (Lipinski definition) is 2. The highest BCUT2D eigenvalue weighted by molar-refractivity contribution is 5.82. The fraction of sp³-hybridized carbons (Fsp3) is 0.762. The lowest BCUT2D eigenvalue weighted by Gasteiger charge is -2.60. The van der Waals surface area contributed by atoms with Gasteiger partial charge in [0.1, 0.15) is 0 Å². The summed E-state index contributed by atoms with van der Waals surface area (Å²) < 4.78 is 4.69. The Morgan fingerprint density at radius 2 is 2.00 bits per heavy atom. The van der Waals surface area contributed by atoms with E-state index in [-0.39, 0.29) is 34.7 Å². The van der Waals surface area contributed by atoms with Crippen LogP contribution in [0.1, 0.15) is 59.8 Å². The van der Waals surface area contributed by atoms with E-state index in [4.69, 9.17) is 4.74 Å². The van der Waals surface area contributed by atoms with Crippen molar-refractivity contribution in [1.29, 1.82) is 0 Å². The largest absolute Gasteiger partial charge is 0.466 e. The maximum Gasteiger partial charge on any atom is 0.330 e. The lowest BCUT2D eigenvalue weighted by molar-refractivity contribution is -0.140. The van der Waals surface area contributed by atoms with Crippen LogP contribution in [0.4, 0.5) is 0 Å². The molecule has 0 aromatic rings. The predicted octanol–water partition coefficient (Wildman–Crippen LogP) is 3.63. The lowest BCUT2D eigenvalue weighted by atomic mass is 9.46. The number of carbonyl (C=O) groups is 1. The lowest BCUT2D eigenvalue weighted by Crippen LogP contribution is -2.57. The third-order valence-electron chi connectivity index (χ3n) is 7.03. The van der Waals surface area contributed by atoms with Gasteiger partial charge in [-0.25, -0.2) is 4.79 Å². The SMILES string of the molecule is C=C1C(O)CC2C(C)(C)C(O)CCC2(C)C1CCC(C)=CC(=O)OC. The predicted molar refractivity (Wildman–Crippen MR) is 98.9 cm³/mol. The molecule has 2 fully saturated rings. The van der Waals surface area contributed by atoms with Crippen LogP contribution in [0.15, 0.2) is 23.8 Å². The Labute approximate surface area is 152 Å². The van der Waals surface area contributed by atoms with Gasteiger partial charge in [0.05, 0.1) is 19.3 Å². The van der Waals surface area contributed by atoms with Crippen LogP contribution in [0.3, 0.4) is 0 Å². The van der Waals surface area contributed by atoms with Gasteiger partial charge in [0.25, 0.3) is 0 Å². The highest BCUT2D eigenvalue weighted by Crippen LogP contribution is 2.61. The summed E-state index contributed by atoms with van der Waals surface area (Å²) in [5.74, 6) is 0.110. The van der Waals surface area contributed by atoms with Crippen molar-refractivity contribution in [2.45, 2.75) is 72.0 Å². The van der Waals surface area contributed by atoms with E-state index in [0.717, 1.165) is 36.8 Å². The second-order valence-corrected chi connectivity index (χ2v) is 8.87. The molecule has 2 rings (SSSR count). The van der Waals surface area contributed by atoms with Crippen molar-refractivity contribution in [3.8, 4) is 0 Å². The Morgan fingerprint density at radius 1 is 1.36 bits per heavy atom. The van der Waals surface area contributed by atoms with E-state index in [0.29, 0.717) is 6.42 Å². The Balaban J connectivity index is 2.24. The van der Waals surface area contributed by atoms with Gasteiger partial charge in [0.2, 0.25) is 0 Å². The topological polar surface area (TPSA) is 66.8 Å². The molecule has 2 aliphatic rings. The molecule has 0 aliphatic heterocycles. The van der Waals surface area contributed by atoms with Crippen molar-refractivity contribution in [1.82, 2.24) is 0 Å². The summed E-state index contributed by atoms with van der Waals surface area (Å²) in [4.78, 5) is 11.4. The van der Waals surface area contributed by atoms with Crippen molar-refractivity contribution < 1.29 is 19.7 Å². The van der Waals surface area contributed by atoms with E-state index in [9.17, 15) is 15.0 Å². The highest BCUT2D eigenvalue weighted by atomic mass is 16.5. The molecule has 2 N–H and O–H groups in total. The number of carbonyl (C=O) groups excluding carboxylic acids is 1. The maximum absolute atomic E-state index is 11.4. The molecule has 4 heteroatoms. The molecule has 5 unspecified atom stereocenters. The Morgan fingerprint density at radius 3 is 2.60 bits per heavy atom. The molecule has 0 heterocycles. The number of aliphatic hydroxyl groups excluding tert-OH is 2. The molecular weight excluding hydrogens is 316 g/mol. The summed E-state index contributed by atoms with van der Waals surface area (Å²) in [6.45, 7) is 12.7. The first-order valence-electron chi connectivity index (χ1n) is 9.34. The quantitative estimate of drug-likeness (QED) is 0.462. The molecule has 2 aliphatic carbocycles. The summed E-state index contributed by atoms with van der Waals surface area (Å²) >= 11 is 0. The molecule has 4 nitrogen and oxygen atoms in total. The third kappa shape index (κ3) is 3.70. The highest BCUT2D eigenvalue weighted by Gasteiger charge is 2.57. The molecular formula is C21H34O4. The molecule has 5 atom stereocenters. The van der Waals surface area contributed by atoms with Crippen LogP contribution >= 0.6 is 0 Å². The number of esters is 1. The molecule has 142 valence electrons. The van der Waals surface area contributed by atoms with E-state index >= 15 is 0 Å².